The van der Waals surface area contributed by atoms with Crippen molar-refractivity contribution in [1.29, 1.82) is 0 Å². The molecule has 0 aliphatic carbocycles. The first kappa shape index (κ1) is 17.7. The van der Waals surface area contributed by atoms with E-state index in [1.165, 1.54) is 16.5 Å². The minimum atomic E-state index is 0.797. The minimum Gasteiger partial charge on any atom is -0.497 e. The molecular formula is C23H20N4OS. The predicted molar refractivity (Wildman–Crippen MR) is 120 cm³/mol. The van der Waals surface area contributed by atoms with Crippen molar-refractivity contribution in [2.75, 3.05) is 19.0 Å². The van der Waals surface area contributed by atoms with Gasteiger partial charge in [-0.15, -0.1) is 11.3 Å². The molecule has 0 fully saturated rings. The molecule has 0 saturated heterocycles. The van der Waals surface area contributed by atoms with Gasteiger partial charge in [-0.05, 0) is 35.7 Å². The first-order valence-electron chi connectivity index (χ1n) is 9.49. The standard InChI is InChI=1S/C23H20N4OS/c1-28-17-8-6-15(7-9-17)19-13-29-23-21(19)22(26-14-27-23)24-11-10-16-12-25-20-5-3-2-4-18(16)20/h2-9,12-14,25H,10-11H2,1H3,(H,24,26,27). The molecule has 0 aliphatic rings. The van der Waals surface area contributed by atoms with Crippen molar-refractivity contribution >= 4 is 38.3 Å². The molecule has 2 aromatic carbocycles. The topological polar surface area (TPSA) is 62.8 Å². The van der Waals surface area contributed by atoms with Gasteiger partial charge in [0, 0.05) is 34.6 Å². The molecule has 0 saturated carbocycles. The number of hydrogen-bond acceptors (Lipinski definition) is 5. The van der Waals surface area contributed by atoms with Gasteiger partial charge in [-0.25, -0.2) is 9.97 Å². The summed E-state index contributed by atoms with van der Waals surface area (Å²) in [5.41, 5.74) is 4.75. The lowest BCUT2D eigenvalue weighted by Gasteiger charge is -2.09. The van der Waals surface area contributed by atoms with Gasteiger partial charge in [-0.1, -0.05) is 30.3 Å². The molecule has 2 N–H and O–H groups in total. The van der Waals surface area contributed by atoms with Crippen molar-refractivity contribution in [2.45, 2.75) is 6.42 Å². The first-order chi connectivity index (χ1) is 14.3. The summed E-state index contributed by atoms with van der Waals surface area (Å²) in [5, 5.41) is 8.02. The van der Waals surface area contributed by atoms with Gasteiger partial charge in [-0.2, -0.15) is 0 Å². The number of para-hydroxylation sites is 1. The molecule has 5 rings (SSSR count). The molecule has 0 spiro atoms. The summed E-state index contributed by atoms with van der Waals surface area (Å²) < 4.78 is 5.28. The van der Waals surface area contributed by atoms with E-state index in [9.17, 15) is 0 Å². The zero-order valence-corrected chi connectivity index (χ0v) is 16.8. The van der Waals surface area contributed by atoms with Crippen LogP contribution in [0.1, 0.15) is 5.56 Å². The second-order valence-corrected chi connectivity index (χ2v) is 7.67. The molecule has 0 atom stereocenters. The summed E-state index contributed by atoms with van der Waals surface area (Å²) >= 11 is 1.64. The molecule has 5 aromatic rings. The number of aromatic amines is 1. The third-order valence-electron chi connectivity index (χ3n) is 5.13. The Kier molecular flexibility index (Phi) is 4.62. The number of nitrogens with zero attached hydrogens (tertiary/aromatic N) is 2. The van der Waals surface area contributed by atoms with Gasteiger partial charge in [0.15, 0.2) is 0 Å². The number of benzene rings is 2. The largest absolute Gasteiger partial charge is 0.497 e. The van der Waals surface area contributed by atoms with Gasteiger partial charge in [-0.3, -0.25) is 0 Å². The Balaban J connectivity index is 1.41. The molecule has 0 bridgehead atoms. The maximum atomic E-state index is 5.28. The average Bonchev–Trinajstić information content (AvgIpc) is 3.39. The molecule has 144 valence electrons. The zero-order valence-electron chi connectivity index (χ0n) is 16.0. The Labute approximate surface area is 172 Å². The second kappa shape index (κ2) is 7.56. The van der Waals surface area contributed by atoms with E-state index in [0.717, 1.165) is 45.9 Å². The third kappa shape index (κ3) is 3.32. The van der Waals surface area contributed by atoms with Crippen molar-refractivity contribution in [1.82, 2.24) is 15.0 Å². The number of thiophene rings is 1. The van der Waals surface area contributed by atoms with Crippen LogP contribution in [0.3, 0.4) is 0 Å². The SMILES string of the molecule is COc1ccc(-c2csc3ncnc(NCCc4c[nH]c5ccccc45)c23)cc1. The van der Waals surface area contributed by atoms with Crippen LogP contribution in [0.4, 0.5) is 5.82 Å². The van der Waals surface area contributed by atoms with Crippen LogP contribution in [0.5, 0.6) is 5.75 Å². The number of aromatic nitrogens is 3. The molecule has 0 amide bonds. The highest BCUT2D eigenvalue weighted by atomic mass is 32.1. The van der Waals surface area contributed by atoms with Gasteiger partial charge < -0.3 is 15.0 Å². The van der Waals surface area contributed by atoms with E-state index in [4.69, 9.17) is 4.74 Å². The van der Waals surface area contributed by atoms with Gasteiger partial charge >= 0.3 is 0 Å². The van der Waals surface area contributed by atoms with Gasteiger partial charge in [0.2, 0.25) is 0 Å². The molecule has 5 nitrogen and oxygen atoms in total. The Bertz CT molecular complexity index is 1270. The minimum absolute atomic E-state index is 0.797. The van der Waals surface area contributed by atoms with E-state index in [-0.39, 0.29) is 0 Å². The van der Waals surface area contributed by atoms with Crippen molar-refractivity contribution in [3.63, 3.8) is 0 Å². The van der Waals surface area contributed by atoms with Crippen LogP contribution < -0.4 is 10.1 Å². The monoisotopic (exact) mass is 400 g/mol. The molecule has 29 heavy (non-hydrogen) atoms. The van der Waals surface area contributed by atoms with Crippen LogP contribution in [0.2, 0.25) is 0 Å². The molecule has 3 heterocycles. The molecular weight excluding hydrogens is 380 g/mol. The summed E-state index contributed by atoms with van der Waals surface area (Å²) in [4.78, 5) is 13.3. The number of ether oxygens (including phenoxy) is 1. The maximum Gasteiger partial charge on any atom is 0.138 e. The number of methoxy groups -OCH3 is 1. The fraction of sp³-hybridized carbons (Fsp3) is 0.130. The lowest BCUT2D eigenvalue weighted by atomic mass is 10.1. The van der Waals surface area contributed by atoms with E-state index in [2.05, 4.69) is 68.2 Å². The van der Waals surface area contributed by atoms with E-state index < -0.39 is 0 Å². The highest BCUT2D eigenvalue weighted by Gasteiger charge is 2.13. The fourth-order valence-corrected chi connectivity index (χ4v) is 4.56. The molecule has 0 aliphatic heterocycles. The smallest absolute Gasteiger partial charge is 0.138 e. The van der Waals surface area contributed by atoms with Crippen LogP contribution in [-0.4, -0.2) is 28.6 Å². The van der Waals surface area contributed by atoms with Crippen molar-refractivity contribution < 1.29 is 4.74 Å². The zero-order chi connectivity index (χ0) is 19.6. The quantitative estimate of drug-likeness (QED) is 0.395. The highest BCUT2D eigenvalue weighted by Crippen LogP contribution is 2.37. The summed E-state index contributed by atoms with van der Waals surface area (Å²) in [6.07, 6.45) is 4.64. The van der Waals surface area contributed by atoms with Crippen LogP contribution in [0, 0.1) is 0 Å². The maximum absolute atomic E-state index is 5.28. The number of rotatable bonds is 6. The normalized spacial score (nSPS) is 11.2. The van der Waals surface area contributed by atoms with Gasteiger partial charge in [0.1, 0.15) is 22.7 Å². The van der Waals surface area contributed by atoms with E-state index in [0.29, 0.717) is 0 Å². The fourth-order valence-electron chi connectivity index (χ4n) is 3.65. The number of nitrogens with one attached hydrogen (secondary N) is 2. The van der Waals surface area contributed by atoms with Crippen LogP contribution >= 0.6 is 11.3 Å². The van der Waals surface area contributed by atoms with Crippen molar-refractivity contribution in [3.8, 4) is 16.9 Å². The summed E-state index contributed by atoms with van der Waals surface area (Å²) in [7, 11) is 1.68. The predicted octanol–water partition coefficient (Wildman–Crippen LogP) is 5.50. The first-order valence-corrected chi connectivity index (χ1v) is 10.4. The lowest BCUT2D eigenvalue weighted by Crippen LogP contribution is -2.06. The molecule has 0 unspecified atom stereocenters. The summed E-state index contributed by atoms with van der Waals surface area (Å²) in [5.74, 6) is 1.73. The second-order valence-electron chi connectivity index (χ2n) is 6.82. The molecule has 0 radical (unpaired) electrons. The summed E-state index contributed by atoms with van der Waals surface area (Å²) in [6.45, 7) is 0.797. The number of anilines is 1. The lowest BCUT2D eigenvalue weighted by molar-refractivity contribution is 0.415. The molecule has 6 heteroatoms. The number of hydrogen-bond donors (Lipinski definition) is 2. The van der Waals surface area contributed by atoms with Crippen LogP contribution in [0.15, 0.2) is 66.4 Å². The van der Waals surface area contributed by atoms with Gasteiger partial charge in [0.25, 0.3) is 0 Å². The van der Waals surface area contributed by atoms with E-state index >= 15 is 0 Å². The Morgan fingerprint density at radius 2 is 1.93 bits per heavy atom. The van der Waals surface area contributed by atoms with Crippen molar-refractivity contribution in [2.24, 2.45) is 0 Å². The Morgan fingerprint density at radius 1 is 1.07 bits per heavy atom. The summed E-state index contributed by atoms with van der Waals surface area (Å²) in [6, 6.07) is 16.5. The van der Waals surface area contributed by atoms with Crippen molar-refractivity contribution in [3.05, 3.63) is 72.0 Å². The molecule has 3 aromatic heterocycles. The van der Waals surface area contributed by atoms with Crippen LogP contribution in [-0.2, 0) is 6.42 Å². The number of fused-ring (bicyclic) bond motifs is 2. The number of H-pyrrole nitrogens is 1. The Hall–Kier alpha value is -3.38. The van der Waals surface area contributed by atoms with Gasteiger partial charge in [0.05, 0.1) is 12.5 Å². The highest BCUT2D eigenvalue weighted by molar-refractivity contribution is 7.17. The Morgan fingerprint density at radius 3 is 2.79 bits per heavy atom. The average molecular weight is 401 g/mol. The third-order valence-corrected chi connectivity index (χ3v) is 6.02. The van der Waals surface area contributed by atoms with E-state index in [1.807, 2.05) is 12.1 Å². The van der Waals surface area contributed by atoms with E-state index in [1.54, 1.807) is 24.8 Å². The van der Waals surface area contributed by atoms with Crippen LogP contribution in [0.25, 0.3) is 32.2 Å².